The van der Waals surface area contributed by atoms with E-state index in [0.717, 1.165) is 23.3 Å². The van der Waals surface area contributed by atoms with Crippen LogP contribution in [0.5, 0.6) is 0 Å². The number of hydrogen-bond donors (Lipinski definition) is 0. The summed E-state index contributed by atoms with van der Waals surface area (Å²) in [5.74, 6) is -0.117. The maximum absolute atomic E-state index is 12.0. The predicted molar refractivity (Wildman–Crippen MR) is 135 cm³/mol. The normalized spacial score (nSPS) is 16.0. The van der Waals surface area contributed by atoms with Crippen LogP contribution in [0, 0.1) is 0 Å². The average molecular weight is 477 g/mol. The summed E-state index contributed by atoms with van der Waals surface area (Å²) in [5, 5.41) is 9.97. The highest BCUT2D eigenvalue weighted by Gasteiger charge is 2.22. The fourth-order valence-corrected chi connectivity index (χ4v) is 5.20. The van der Waals surface area contributed by atoms with Gasteiger partial charge in [0.25, 0.3) is 0 Å². The molecule has 7 heteroatoms. The number of thiophene rings is 1. The third-order valence-corrected chi connectivity index (χ3v) is 7.01. The fraction of sp³-hybridized carbons (Fsp3) is 0.296. The van der Waals surface area contributed by atoms with Gasteiger partial charge in [-0.1, -0.05) is 58.8 Å². The molecule has 0 N–H and O–H groups in total. The number of nitrogens with zero attached hydrogens (tertiary/aromatic N) is 2. The maximum Gasteiger partial charge on any atom is 0.361 e. The largest absolute Gasteiger partial charge is 0.464 e. The lowest BCUT2D eigenvalue weighted by Crippen LogP contribution is -2.17. The number of esters is 1. The lowest BCUT2D eigenvalue weighted by atomic mass is 9.79. The third-order valence-electron chi connectivity index (χ3n) is 6.04. The van der Waals surface area contributed by atoms with Crippen LogP contribution >= 0.6 is 11.3 Å². The van der Waals surface area contributed by atoms with Gasteiger partial charge in [0.15, 0.2) is 0 Å². The van der Waals surface area contributed by atoms with E-state index in [-0.39, 0.29) is 12.3 Å². The molecule has 0 saturated heterocycles. The summed E-state index contributed by atoms with van der Waals surface area (Å²) >= 11 is 1.37. The van der Waals surface area contributed by atoms with Crippen molar-refractivity contribution in [2.24, 2.45) is 10.3 Å². The number of fused-ring (bicyclic) bond motifs is 1. The van der Waals surface area contributed by atoms with E-state index < -0.39 is 5.97 Å². The number of benzene rings is 2. The molecular formula is C27H28N2O4S. The first kappa shape index (κ1) is 23.7. The molecule has 0 spiro atoms. The molecule has 1 aromatic heterocycles. The lowest BCUT2D eigenvalue weighted by Gasteiger charge is -2.26. The van der Waals surface area contributed by atoms with E-state index in [9.17, 15) is 4.79 Å². The monoisotopic (exact) mass is 476 g/mol. The number of carbonyl (C=O) groups excluding carboxylic acids is 1. The van der Waals surface area contributed by atoms with Crippen LogP contribution in [0.15, 0.2) is 70.3 Å². The van der Waals surface area contributed by atoms with Crippen LogP contribution in [0.3, 0.4) is 0 Å². The van der Waals surface area contributed by atoms with E-state index >= 15 is 0 Å². The van der Waals surface area contributed by atoms with Crippen molar-refractivity contribution in [2.45, 2.75) is 38.7 Å². The number of rotatable bonds is 8. The molecule has 1 unspecified atom stereocenters. The van der Waals surface area contributed by atoms with Gasteiger partial charge in [-0.3, -0.25) is 0 Å². The van der Waals surface area contributed by atoms with Gasteiger partial charge in [-0.2, -0.15) is 0 Å². The first-order chi connectivity index (χ1) is 16.6. The summed E-state index contributed by atoms with van der Waals surface area (Å²) in [6.45, 7) is 2.12. The number of hydrogen-bond acceptors (Lipinski definition) is 7. The van der Waals surface area contributed by atoms with E-state index in [1.54, 1.807) is 0 Å². The molecule has 3 aromatic rings. The molecule has 176 valence electrons. The van der Waals surface area contributed by atoms with E-state index in [1.165, 1.54) is 55.1 Å². The topological polar surface area (TPSA) is 69.5 Å². The predicted octanol–water partition coefficient (Wildman–Crippen LogP) is 5.68. The minimum Gasteiger partial charge on any atom is -0.464 e. The van der Waals surface area contributed by atoms with Gasteiger partial charge in [0.2, 0.25) is 5.71 Å². The van der Waals surface area contributed by atoms with Crippen LogP contribution < -0.4 is 0 Å². The quantitative estimate of drug-likeness (QED) is 0.238. The van der Waals surface area contributed by atoms with E-state index in [1.807, 2.05) is 18.4 Å². The summed E-state index contributed by atoms with van der Waals surface area (Å²) in [4.78, 5) is 23.1. The van der Waals surface area contributed by atoms with Gasteiger partial charge in [-0.15, -0.1) is 11.3 Å². The minimum absolute atomic E-state index is 0.110. The average Bonchev–Trinajstić information content (AvgIpc) is 3.34. The molecular weight excluding hydrogens is 448 g/mol. The Balaban J connectivity index is 1.43. The van der Waals surface area contributed by atoms with Gasteiger partial charge in [0.05, 0.1) is 17.7 Å². The lowest BCUT2D eigenvalue weighted by molar-refractivity contribution is -0.132. The Morgan fingerprint density at radius 1 is 1.06 bits per heavy atom. The van der Waals surface area contributed by atoms with Gasteiger partial charge in [-0.05, 0) is 59.9 Å². The third kappa shape index (κ3) is 5.20. The van der Waals surface area contributed by atoms with Crippen molar-refractivity contribution >= 4 is 28.7 Å². The van der Waals surface area contributed by atoms with Crippen LogP contribution in [0.4, 0.5) is 0 Å². The Hall–Kier alpha value is -3.45. The second kappa shape index (κ2) is 11.1. The van der Waals surface area contributed by atoms with Crippen molar-refractivity contribution in [2.75, 3.05) is 14.2 Å². The molecule has 0 fully saturated rings. The van der Waals surface area contributed by atoms with Crippen molar-refractivity contribution in [3.8, 4) is 0 Å². The zero-order valence-corrected chi connectivity index (χ0v) is 20.4. The van der Waals surface area contributed by atoms with Gasteiger partial charge >= 0.3 is 5.97 Å². The Morgan fingerprint density at radius 3 is 2.62 bits per heavy atom. The maximum atomic E-state index is 12.0. The Morgan fingerprint density at radius 2 is 1.85 bits per heavy atom. The second-order valence-electron chi connectivity index (χ2n) is 8.10. The Kier molecular flexibility index (Phi) is 7.75. The molecule has 1 heterocycles. The SMILES string of the molecule is CO/N=C(/C(=O)OC)c1sccc1CO/N=C(\C)c1ccc(C2CCCc3ccccc32)cc1. The number of ether oxygens (including phenoxy) is 1. The fourth-order valence-electron chi connectivity index (χ4n) is 4.32. The highest BCUT2D eigenvalue weighted by Crippen LogP contribution is 2.36. The van der Waals surface area contributed by atoms with E-state index in [4.69, 9.17) is 14.4 Å². The molecule has 0 amide bonds. The standard InChI is InChI=1S/C27H28N2O4S/c1-18(28-33-17-22-15-16-34-26(22)25(29-32-3)27(30)31-2)19-11-13-21(14-12-19)24-10-6-8-20-7-4-5-9-23(20)24/h4-5,7,9,11-16,24H,6,8,10,17H2,1-3H3/b28-18+,29-25+. The first-order valence-corrected chi connectivity index (χ1v) is 12.1. The van der Waals surface area contributed by atoms with Gasteiger partial charge < -0.3 is 14.4 Å². The van der Waals surface area contributed by atoms with Crippen LogP contribution in [-0.4, -0.2) is 31.6 Å². The van der Waals surface area contributed by atoms with Crippen LogP contribution in [0.25, 0.3) is 0 Å². The Bertz CT molecular complexity index is 1200. The molecule has 4 rings (SSSR count). The highest BCUT2D eigenvalue weighted by molar-refractivity contribution is 7.13. The summed E-state index contributed by atoms with van der Waals surface area (Å²) in [7, 11) is 2.70. The number of aryl methyl sites for hydroxylation is 1. The zero-order chi connectivity index (χ0) is 23.9. The summed E-state index contributed by atoms with van der Waals surface area (Å²) in [5.41, 5.74) is 6.94. The number of methoxy groups -OCH3 is 1. The molecule has 2 aromatic carbocycles. The molecule has 0 bridgehead atoms. The van der Waals surface area contributed by atoms with E-state index in [2.05, 4.69) is 58.8 Å². The molecule has 1 aliphatic carbocycles. The summed E-state index contributed by atoms with van der Waals surface area (Å²) in [6, 6.07) is 19.2. The van der Waals surface area contributed by atoms with Crippen molar-refractivity contribution in [3.05, 3.63) is 92.7 Å². The van der Waals surface area contributed by atoms with Crippen molar-refractivity contribution in [1.29, 1.82) is 0 Å². The van der Waals surface area contributed by atoms with Gasteiger partial charge in [0, 0.05) is 11.5 Å². The molecule has 0 aliphatic heterocycles. The molecule has 1 atom stereocenters. The summed E-state index contributed by atoms with van der Waals surface area (Å²) < 4.78 is 4.81. The first-order valence-electron chi connectivity index (χ1n) is 11.2. The van der Waals surface area contributed by atoms with Crippen molar-refractivity contribution in [3.63, 3.8) is 0 Å². The van der Waals surface area contributed by atoms with Crippen molar-refractivity contribution < 1.29 is 19.2 Å². The Labute approximate surface area is 203 Å². The van der Waals surface area contributed by atoms with Crippen LogP contribution in [0.2, 0.25) is 0 Å². The summed E-state index contributed by atoms with van der Waals surface area (Å²) in [6.07, 6.45) is 3.56. The molecule has 0 saturated carbocycles. The second-order valence-corrected chi connectivity index (χ2v) is 9.02. The molecule has 0 radical (unpaired) electrons. The number of oxime groups is 2. The highest BCUT2D eigenvalue weighted by atomic mass is 32.1. The van der Waals surface area contributed by atoms with Crippen LogP contribution in [0.1, 0.15) is 58.4 Å². The van der Waals surface area contributed by atoms with Crippen LogP contribution in [-0.2, 0) is 32.2 Å². The zero-order valence-electron chi connectivity index (χ0n) is 19.6. The van der Waals surface area contributed by atoms with Crippen molar-refractivity contribution in [1.82, 2.24) is 0 Å². The van der Waals surface area contributed by atoms with Gasteiger partial charge in [0.1, 0.15) is 13.7 Å². The smallest absolute Gasteiger partial charge is 0.361 e. The number of carbonyl (C=O) groups is 1. The van der Waals surface area contributed by atoms with E-state index in [0.29, 0.717) is 10.8 Å². The molecule has 6 nitrogen and oxygen atoms in total. The molecule has 34 heavy (non-hydrogen) atoms. The molecule has 1 aliphatic rings. The minimum atomic E-state index is -0.564. The van der Waals surface area contributed by atoms with Gasteiger partial charge in [-0.25, -0.2) is 4.79 Å².